The maximum absolute atomic E-state index is 10.6. The maximum atomic E-state index is 10.6. The summed E-state index contributed by atoms with van der Waals surface area (Å²) in [4.78, 5) is 14.6. The van der Waals surface area contributed by atoms with Gasteiger partial charge < -0.3 is 5.73 Å². The van der Waals surface area contributed by atoms with Crippen molar-refractivity contribution >= 4 is 22.7 Å². The highest BCUT2D eigenvalue weighted by Gasteiger charge is 2.01. The van der Waals surface area contributed by atoms with Crippen LogP contribution in [0.2, 0.25) is 0 Å². The lowest BCUT2D eigenvalue weighted by Gasteiger charge is -2.01. The third-order valence-corrected chi connectivity index (χ3v) is 1.98. The average Bonchev–Trinajstić information content (AvgIpc) is 2.18. The lowest BCUT2D eigenvalue weighted by molar-refractivity contribution is 0.112. The molecular formula is C10H8N2O. The number of fused-ring (bicyclic) bond motifs is 1. The van der Waals surface area contributed by atoms with Crippen LogP contribution in [0.15, 0.2) is 30.5 Å². The van der Waals surface area contributed by atoms with Crippen LogP contribution in [0, 0.1) is 0 Å². The van der Waals surface area contributed by atoms with Crippen molar-refractivity contribution in [3.05, 3.63) is 36.2 Å². The zero-order valence-electron chi connectivity index (χ0n) is 6.90. The van der Waals surface area contributed by atoms with Crippen LogP contribution in [0.1, 0.15) is 10.5 Å². The van der Waals surface area contributed by atoms with Gasteiger partial charge in [0.1, 0.15) is 5.69 Å². The third-order valence-electron chi connectivity index (χ3n) is 1.98. The Balaban J connectivity index is 2.92. The molecular weight excluding hydrogens is 164 g/mol. The van der Waals surface area contributed by atoms with Crippen LogP contribution >= 0.6 is 0 Å². The largest absolute Gasteiger partial charge is 0.398 e. The number of hydrogen-bond acceptors (Lipinski definition) is 3. The number of pyridine rings is 1. The van der Waals surface area contributed by atoms with Crippen LogP contribution in [0.5, 0.6) is 0 Å². The Bertz CT molecular complexity index is 465. The molecule has 3 nitrogen and oxygen atoms in total. The van der Waals surface area contributed by atoms with Crippen molar-refractivity contribution in [2.24, 2.45) is 0 Å². The first-order valence-corrected chi connectivity index (χ1v) is 3.91. The molecule has 1 heterocycles. The second kappa shape index (κ2) is 2.86. The summed E-state index contributed by atoms with van der Waals surface area (Å²) in [5.41, 5.74) is 6.84. The number of carbonyl (C=O) groups excluding carboxylic acids is 1. The van der Waals surface area contributed by atoms with Gasteiger partial charge in [-0.15, -0.1) is 0 Å². The molecule has 1 aromatic heterocycles. The van der Waals surface area contributed by atoms with Crippen LogP contribution in [0.4, 0.5) is 5.69 Å². The Morgan fingerprint density at radius 3 is 2.85 bits per heavy atom. The third kappa shape index (κ3) is 1.14. The molecule has 2 rings (SSSR count). The summed E-state index contributed by atoms with van der Waals surface area (Å²) in [5.74, 6) is 0. The lowest BCUT2D eigenvalue weighted by atomic mass is 10.1. The molecule has 2 N–H and O–H groups in total. The minimum absolute atomic E-state index is 0.435. The van der Waals surface area contributed by atoms with E-state index in [-0.39, 0.29) is 0 Å². The summed E-state index contributed by atoms with van der Waals surface area (Å²) < 4.78 is 0. The van der Waals surface area contributed by atoms with Crippen molar-refractivity contribution < 1.29 is 4.79 Å². The number of carbonyl (C=O) groups is 1. The van der Waals surface area contributed by atoms with Gasteiger partial charge in [0.05, 0.1) is 0 Å². The average molecular weight is 172 g/mol. The van der Waals surface area contributed by atoms with E-state index in [4.69, 9.17) is 5.73 Å². The molecule has 13 heavy (non-hydrogen) atoms. The smallest absolute Gasteiger partial charge is 0.169 e. The van der Waals surface area contributed by atoms with Gasteiger partial charge in [0, 0.05) is 22.7 Å². The van der Waals surface area contributed by atoms with Crippen LogP contribution in [0.3, 0.4) is 0 Å². The van der Waals surface area contributed by atoms with E-state index in [0.29, 0.717) is 11.4 Å². The van der Waals surface area contributed by atoms with Gasteiger partial charge in [-0.2, -0.15) is 0 Å². The van der Waals surface area contributed by atoms with Crippen LogP contribution in [-0.4, -0.2) is 11.3 Å². The first-order valence-electron chi connectivity index (χ1n) is 3.91. The van der Waals surface area contributed by atoms with E-state index < -0.39 is 0 Å². The molecule has 0 bridgehead atoms. The number of nitrogens with zero attached hydrogens (tertiary/aromatic N) is 1. The van der Waals surface area contributed by atoms with Gasteiger partial charge in [0.25, 0.3) is 0 Å². The molecule has 0 fully saturated rings. The Morgan fingerprint density at radius 1 is 1.23 bits per heavy atom. The van der Waals surface area contributed by atoms with E-state index in [0.717, 1.165) is 17.1 Å². The zero-order chi connectivity index (χ0) is 9.26. The van der Waals surface area contributed by atoms with Gasteiger partial charge >= 0.3 is 0 Å². The normalized spacial score (nSPS) is 10.2. The molecule has 0 aliphatic rings. The lowest BCUT2D eigenvalue weighted by Crippen LogP contribution is -1.91. The van der Waals surface area contributed by atoms with Crippen LogP contribution < -0.4 is 5.73 Å². The molecule has 0 saturated carbocycles. The molecule has 0 aliphatic heterocycles. The first kappa shape index (κ1) is 7.73. The molecule has 0 amide bonds. The van der Waals surface area contributed by atoms with Crippen LogP contribution in [-0.2, 0) is 0 Å². The molecule has 0 atom stereocenters. The quantitative estimate of drug-likeness (QED) is 0.525. The Hall–Kier alpha value is -1.90. The molecule has 0 saturated heterocycles. The van der Waals surface area contributed by atoms with Gasteiger partial charge in [-0.1, -0.05) is 12.1 Å². The Labute approximate surface area is 75.2 Å². The molecule has 2 aromatic rings. The van der Waals surface area contributed by atoms with Crippen molar-refractivity contribution in [1.82, 2.24) is 4.98 Å². The summed E-state index contributed by atoms with van der Waals surface area (Å²) in [5, 5.41) is 1.68. The van der Waals surface area contributed by atoms with E-state index in [1.807, 2.05) is 12.1 Å². The van der Waals surface area contributed by atoms with Gasteiger partial charge in [-0.25, -0.2) is 0 Å². The zero-order valence-corrected chi connectivity index (χ0v) is 6.90. The van der Waals surface area contributed by atoms with Crippen molar-refractivity contribution in [3.8, 4) is 0 Å². The van der Waals surface area contributed by atoms with E-state index in [1.54, 1.807) is 18.3 Å². The summed E-state index contributed by atoms with van der Waals surface area (Å²) in [6, 6.07) is 7.25. The van der Waals surface area contributed by atoms with E-state index >= 15 is 0 Å². The number of anilines is 1. The topological polar surface area (TPSA) is 56.0 Å². The highest BCUT2D eigenvalue weighted by molar-refractivity contribution is 6.01. The van der Waals surface area contributed by atoms with Gasteiger partial charge in [-0.3, -0.25) is 9.78 Å². The summed E-state index contributed by atoms with van der Waals surface area (Å²) in [6.45, 7) is 0. The second-order valence-corrected chi connectivity index (χ2v) is 2.76. The summed E-state index contributed by atoms with van der Waals surface area (Å²) >= 11 is 0. The molecule has 0 spiro atoms. The fourth-order valence-electron chi connectivity index (χ4n) is 1.35. The molecule has 0 unspecified atom stereocenters. The minimum atomic E-state index is 0.435. The fraction of sp³-hybridized carbons (Fsp3) is 0. The highest BCUT2D eigenvalue weighted by Crippen LogP contribution is 2.21. The van der Waals surface area contributed by atoms with E-state index in [2.05, 4.69) is 4.98 Å². The highest BCUT2D eigenvalue weighted by atomic mass is 16.1. The van der Waals surface area contributed by atoms with E-state index in [1.165, 1.54) is 0 Å². The van der Waals surface area contributed by atoms with Gasteiger partial charge in [-0.05, 0) is 12.1 Å². The maximum Gasteiger partial charge on any atom is 0.169 e. The van der Waals surface area contributed by atoms with Gasteiger partial charge in [0.2, 0.25) is 0 Å². The Morgan fingerprint density at radius 2 is 2.08 bits per heavy atom. The predicted molar refractivity (Wildman–Crippen MR) is 51.5 cm³/mol. The predicted octanol–water partition coefficient (Wildman–Crippen LogP) is 1.63. The monoisotopic (exact) mass is 172 g/mol. The van der Waals surface area contributed by atoms with Crippen molar-refractivity contribution in [2.75, 3.05) is 5.73 Å². The molecule has 64 valence electrons. The number of benzene rings is 1. The molecule has 0 radical (unpaired) electrons. The standard InChI is InChI=1S/C10H8N2O/c11-9-3-1-2-8-7(9)4-5-12-10(8)6-13/h1-6H,11H2. The summed E-state index contributed by atoms with van der Waals surface area (Å²) in [6.07, 6.45) is 2.32. The molecule has 1 aromatic carbocycles. The number of rotatable bonds is 1. The number of aromatic nitrogens is 1. The number of nitrogens with two attached hydrogens (primary N) is 1. The fourth-order valence-corrected chi connectivity index (χ4v) is 1.35. The Kier molecular flexibility index (Phi) is 1.70. The molecule has 3 heteroatoms. The number of nitrogen functional groups attached to an aromatic ring is 1. The SMILES string of the molecule is Nc1cccc2c(C=O)nccc12. The minimum Gasteiger partial charge on any atom is -0.398 e. The second-order valence-electron chi connectivity index (χ2n) is 2.76. The number of hydrogen-bond donors (Lipinski definition) is 1. The number of aldehydes is 1. The van der Waals surface area contributed by atoms with Crippen LogP contribution in [0.25, 0.3) is 10.8 Å². The van der Waals surface area contributed by atoms with Gasteiger partial charge in [0.15, 0.2) is 6.29 Å². The van der Waals surface area contributed by atoms with Crippen molar-refractivity contribution in [3.63, 3.8) is 0 Å². The first-order chi connectivity index (χ1) is 6.33. The van der Waals surface area contributed by atoms with Crippen molar-refractivity contribution in [1.29, 1.82) is 0 Å². The van der Waals surface area contributed by atoms with E-state index in [9.17, 15) is 4.79 Å². The van der Waals surface area contributed by atoms with Crippen molar-refractivity contribution in [2.45, 2.75) is 0 Å². The summed E-state index contributed by atoms with van der Waals surface area (Å²) in [7, 11) is 0. The molecule has 0 aliphatic carbocycles.